The van der Waals surface area contributed by atoms with Gasteiger partial charge in [0, 0.05) is 0 Å². The third kappa shape index (κ3) is 2.34. The molecular formula is C14H13NO. The Kier molecular flexibility index (Phi) is 2.82. The zero-order valence-electron chi connectivity index (χ0n) is 9.40. The number of allylic oxidation sites excluding steroid dienone is 4. The van der Waals surface area contributed by atoms with Crippen molar-refractivity contribution in [2.75, 3.05) is 0 Å². The summed E-state index contributed by atoms with van der Waals surface area (Å²) >= 11 is 0. The first-order valence-electron chi connectivity index (χ1n) is 5.21. The van der Waals surface area contributed by atoms with Gasteiger partial charge in [-0.1, -0.05) is 17.7 Å². The maximum Gasteiger partial charge on any atom is 0.178 e. The Hall–Kier alpha value is -1.96. The van der Waals surface area contributed by atoms with Crippen LogP contribution in [-0.2, 0) is 4.79 Å². The van der Waals surface area contributed by atoms with E-state index in [4.69, 9.17) is 0 Å². The summed E-state index contributed by atoms with van der Waals surface area (Å²) in [6.07, 6.45) is 6.54. The molecule has 0 saturated carbocycles. The Morgan fingerprint density at radius 1 is 1.00 bits per heavy atom. The van der Waals surface area contributed by atoms with Crippen molar-refractivity contribution in [1.82, 2.24) is 0 Å². The van der Waals surface area contributed by atoms with E-state index in [0.29, 0.717) is 0 Å². The Labute approximate surface area is 95.0 Å². The Bertz CT molecular complexity index is 504. The molecule has 0 bridgehead atoms. The molecule has 2 heteroatoms. The standard InChI is InChI=1S/C14H13NO/c1-10-3-8-14(11(2)9-10)15-12-4-6-13(16)7-5-12/h3-9H,1-2H3. The highest BCUT2D eigenvalue weighted by molar-refractivity contribution is 6.17. The molecule has 0 unspecified atom stereocenters. The van der Waals surface area contributed by atoms with E-state index in [-0.39, 0.29) is 5.78 Å². The summed E-state index contributed by atoms with van der Waals surface area (Å²) in [5.41, 5.74) is 4.13. The van der Waals surface area contributed by atoms with Gasteiger partial charge in [-0.3, -0.25) is 4.79 Å². The molecule has 0 saturated heterocycles. The van der Waals surface area contributed by atoms with Gasteiger partial charge in [-0.15, -0.1) is 0 Å². The average molecular weight is 211 g/mol. The predicted octanol–water partition coefficient (Wildman–Crippen LogP) is 3.07. The minimum Gasteiger partial charge on any atom is -0.290 e. The molecule has 0 aliphatic heterocycles. The van der Waals surface area contributed by atoms with Crippen LogP contribution in [0.25, 0.3) is 0 Å². The number of nitrogens with zero attached hydrogens (tertiary/aromatic N) is 1. The van der Waals surface area contributed by atoms with E-state index < -0.39 is 0 Å². The number of aliphatic imine (C=N–C) groups is 1. The molecule has 0 aromatic heterocycles. The van der Waals surface area contributed by atoms with Crippen molar-refractivity contribution in [3.05, 3.63) is 53.6 Å². The number of hydrogen-bond donors (Lipinski definition) is 0. The van der Waals surface area contributed by atoms with Crippen LogP contribution < -0.4 is 0 Å². The summed E-state index contributed by atoms with van der Waals surface area (Å²) in [5, 5.41) is 0. The van der Waals surface area contributed by atoms with Gasteiger partial charge in [0.2, 0.25) is 0 Å². The third-order valence-electron chi connectivity index (χ3n) is 2.44. The molecule has 0 N–H and O–H groups in total. The highest BCUT2D eigenvalue weighted by Gasteiger charge is 2.01. The van der Waals surface area contributed by atoms with Crippen LogP contribution in [0.1, 0.15) is 11.1 Å². The summed E-state index contributed by atoms with van der Waals surface area (Å²) in [6, 6.07) is 6.13. The molecule has 0 atom stereocenters. The minimum atomic E-state index is 0.0135. The number of carbonyl (C=O) groups excluding carboxylic acids is 1. The molecule has 2 nitrogen and oxygen atoms in total. The zero-order chi connectivity index (χ0) is 11.5. The molecule has 1 aliphatic rings. The van der Waals surface area contributed by atoms with Crippen LogP contribution >= 0.6 is 0 Å². The molecule has 16 heavy (non-hydrogen) atoms. The van der Waals surface area contributed by atoms with Crippen LogP contribution in [0.2, 0.25) is 0 Å². The van der Waals surface area contributed by atoms with Crippen molar-refractivity contribution >= 4 is 17.2 Å². The number of rotatable bonds is 1. The number of benzene rings is 1. The average Bonchev–Trinajstić information content (AvgIpc) is 2.25. The second kappa shape index (κ2) is 4.27. The fraction of sp³-hybridized carbons (Fsp3) is 0.143. The summed E-state index contributed by atoms with van der Waals surface area (Å²) in [7, 11) is 0. The van der Waals surface area contributed by atoms with E-state index in [2.05, 4.69) is 18.0 Å². The van der Waals surface area contributed by atoms with Gasteiger partial charge >= 0.3 is 0 Å². The van der Waals surface area contributed by atoms with Crippen LogP contribution in [0.4, 0.5) is 5.69 Å². The number of aryl methyl sites for hydroxylation is 2. The molecule has 80 valence electrons. The van der Waals surface area contributed by atoms with Crippen molar-refractivity contribution in [3.8, 4) is 0 Å². The lowest BCUT2D eigenvalue weighted by Crippen LogP contribution is -1.98. The van der Waals surface area contributed by atoms with Gasteiger partial charge in [-0.05, 0) is 49.8 Å². The van der Waals surface area contributed by atoms with E-state index in [1.807, 2.05) is 19.1 Å². The lowest BCUT2D eigenvalue weighted by molar-refractivity contribution is -0.110. The highest BCUT2D eigenvalue weighted by atomic mass is 16.1. The molecule has 0 spiro atoms. The van der Waals surface area contributed by atoms with Gasteiger partial charge in [0.05, 0.1) is 11.4 Å². The summed E-state index contributed by atoms with van der Waals surface area (Å²) in [5.74, 6) is 0.0135. The van der Waals surface area contributed by atoms with E-state index in [9.17, 15) is 4.79 Å². The molecule has 1 aromatic carbocycles. The summed E-state index contributed by atoms with van der Waals surface area (Å²) < 4.78 is 0. The monoisotopic (exact) mass is 211 g/mol. The van der Waals surface area contributed by atoms with Gasteiger partial charge in [-0.2, -0.15) is 0 Å². The van der Waals surface area contributed by atoms with Crippen molar-refractivity contribution < 1.29 is 4.79 Å². The van der Waals surface area contributed by atoms with Crippen molar-refractivity contribution in [1.29, 1.82) is 0 Å². The summed E-state index contributed by atoms with van der Waals surface area (Å²) in [4.78, 5) is 15.4. The summed E-state index contributed by atoms with van der Waals surface area (Å²) in [6.45, 7) is 4.09. The normalized spacial score (nSPS) is 14.4. The van der Waals surface area contributed by atoms with E-state index in [1.54, 1.807) is 12.2 Å². The molecule has 2 rings (SSSR count). The van der Waals surface area contributed by atoms with E-state index in [1.165, 1.54) is 17.7 Å². The quantitative estimate of drug-likeness (QED) is 0.656. The number of ketones is 1. The molecule has 0 heterocycles. The largest absolute Gasteiger partial charge is 0.290 e. The molecule has 0 radical (unpaired) electrons. The van der Waals surface area contributed by atoms with Gasteiger partial charge in [0.1, 0.15) is 0 Å². The topological polar surface area (TPSA) is 29.4 Å². The Morgan fingerprint density at radius 2 is 1.69 bits per heavy atom. The fourth-order valence-corrected chi connectivity index (χ4v) is 1.59. The Morgan fingerprint density at radius 3 is 2.31 bits per heavy atom. The van der Waals surface area contributed by atoms with E-state index >= 15 is 0 Å². The zero-order valence-corrected chi connectivity index (χ0v) is 9.40. The first-order chi connectivity index (χ1) is 7.65. The maximum absolute atomic E-state index is 10.9. The lowest BCUT2D eigenvalue weighted by Gasteiger charge is -2.03. The van der Waals surface area contributed by atoms with Gasteiger partial charge in [-0.25, -0.2) is 4.99 Å². The molecule has 1 aliphatic carbocycles. The fourth-order valence-electron chi connectivity index (χ4n) is 1.59. The van der Waals surface area contributed by atoms with Gasteiger partial charge < -0.3 is 0 Å². The maximum atomic E-state index is 10.9. The van der Waals surface area contributed by atoms with E-state index in [0.717, 1.165) is 17.0 Å². The second-order valence-electron chi connectivity index (χ2n) is 3.90. The van der Waals surface area contributed by atoms with Gasteiger partial charge in [0.25, 0.3) is 0 Å². The SMILES string of the molecule is Cc1ccc(N=C2C=CC(=O)C=C2)c(C)c1. The van der Waals surface area contributed by atoms with Crippen molar-refractivity contribution in [3.63, 3.8) is 0 Å². The molecule has 0 amide bonds. The molecular weight excluding hydrogens is 198 g/mol. The predicted molar refractivity (Wildman–Crippen MR) is 66.3 cm³/mol. The Balaban J connectivity index is 2.33. The first-order valence-corrected chi connectivity index (χ1v) is 5.21. The smallest absolute Gasteiger partial charge is 0.178 e. The van der Waals surface area contributed by atoms with Crippen LogP contribution in [0.3, 0.4) is 0 Å². The first kappa shape index (κ1) is 10.6. The van der Waals surface area contributed by atoms with Crippen LogP contribution in [0.15, 0.2) is 47.5 Å². The lowest BCUT2D eigenvalue weighted by atomic mass is 10.1. The molecule has 0 fully saturated rings. The highest BCUT2D eigenvalue weighted by Crippen LogP contribution is 2.20. The van der Waals surface area contributed by atoms with Crippen LogP contribution in [0, 0.1) is 13.8 Å². The van der Waals surface area contributed by atoms with Crippen molar-refractivity contribution in [2.24, 2.45) is 4.99 Å². The third-order valence-corrected chi connectivity index (χ3v) is 2.44. The van der Waals surface area contributed by atoms with Crippen LogP contribution in [-0.4, -0.2) is 11.5 Å². The van der Waals surface area contributed by atoms with Gasteiger partial charge in [0.15, 0.2) is 5.78 Å². The number of hydrogen-bond acceptors (Lipinski definition) is 2. The number of carbonyl (C=O) groups is 1. The molecule has 1 aromatic rings. The minimum absolute atomic E-state index is 0.0135. The van der Waals surface area contributed by atoms with Crippen LogP contribution in [0.5, 0.6) is 0 Å². The second-order valence-corrected chi connectivity index (χ2v) is 3.90. The van der Waals surface area contributed by atoms with Crippen molar-refractivity contribution in [2.45, 2.75) is 13.8 Å².